The first-order chi connectivity index (χ1) is 9.65. The summed E-state index contributed by atoms with van der Waals surface area (Å²) >= 11 is 0. The molecule has 0 spiro atoms. The van der Waals surface area contributed by atoms with E-state index in [9.17, 15) is 13.6 Å². The van der Waals surface area contributed by atoms with Gasteiger partial charge in [0, 0.05) is 12.3 Å². The van der Waals surface area contributed by atoms with Crippen LogP contribution in [-0.2, 0) is 4.79 Å². The van der Waals surface area contributed by atoms with Crippen molar-refractivity contribution in [1.82, 2.24) is 5.32 Å². The van der Waals surface area contributed by atoms with E-state index in [-0.39, 0.29) is 29.9 Å². The number of nitrogens with one attached hydrogen (secondary N) is 1. The van der Waals surface area contributed by atoms with E-state index in [4.69, 9.17) is 0 Å². The summed E-state index contributed by atoms with van der Waals surface area (Å²) < 4.78 is 27.3. The van der Waals surface area contributed by atoms with Crippen LogP contribution >= 0.6 is 0 Å². The van der Waals surface area contributed by atoms with Gasteiger partial charge in [0.15, 0.2) is 0 Å². The van der Waals surface area contributed by atoms with Gasteiger partial charge in [0.1, 0.15) is 11.6 Å². The summed E-state index contributed by atoms with van der Waals surface area (Å²) in [4.78, 5) is 11.7. The lowest BCUT2D eigenvalue weighted by Crippen LogP contribution is -2.20. The van der Waals surface area contributed by atoms with Gasteiger partial charge in [-0.2, -0.15) is 0 Å². The fourth-order valence-corrected chi connectivity index (χ4v) is 2.71. The van der Waals surface area contributed by atoms with Crippen molar-refractivity contribution in [2.24, 2.45) is 0 Å². The highest BCUT2D eigenvalue weighted by molar-refractivity contribution is 5.80. The number of hydrogen-bond acceptors (Lipinski definition) is 1. The van der Waals surface area contributed by atoms with Crippen molar-refractivity contribution in [3.05, 3.63) is 71.3 Å². The van der Waals surface area contributed by atoms with E-state index in [1.54, 1.807) is 0 Å². The van der Waals surface area contributed by atoms with E-state index >= 15 is 0 Å². The first-order valence-corrected chi connectivity index (χ1v) is 6.44. The van der Waals surface area contributed by atoms with Crippen molar-refractivity contribution in [2.45, 2.75) is 18.4 Å². The van der Waals surface area contributed by atoms with Crippen LogP contribution in [0.25, 0.3) is 0 Å². The smallest absolute Gasteiger partial charge is 0.221 e. The van der Waals surface area contributed by atoms with Gasteiger partial charge in [-0.15, -0.1) is 0 Å². The van der Waals surface area contributed by atoms with Gasteiger partial charge in [-0.3, -0.25) is 4.79 Å². The predicted molar refractivity (Wildman–Crippen MR) is 71.0 cm³/mol. The Balaban J connectivity index is 2.02. The maximum Gasteiger partial charge on any atom is 0.221 e. The van der Waals surface area contributed by atoms with Gasteiger partial charge in [-0.25, -0.2) is 8.78 Å². The Morgan fingerprint density at radius 1 is 1.05 bits per heavy atom. The summed E-state index contributed by atoms with van der Waals surface area (Å²) in [5.74, 6) is -1.51. The Morgan fingerprint density at radius 3 is 2.55 bits per heavy atom. The van der Waals surface area contributed by atoms with Crippen LogP contribution in [0.1, 0.15) is 29.5 Å². The molecule has 102 valence electrons. The molecule has 4 heteroatoms. The summed E-state index contributed by atoms with van der Waals surface area (Å²) in [5, 5.41) is 2.84. The number of amides is 1. The molecule has 1 aliphatic heterocycles. The van der Waals surface area contributed by atoms with Crippen LogP contribution in [0, 0.1) is 11.6 Å². The summed E-state index contributed by atoms with van der Waals surface area (Å²) in [6, 6.07) is 12.4. The van der Waals surface area contributed by atoms with Gasteiger partial charge >= 0.3 is 0 Å². The van der Waals surface area contributed by atoms with Gasteiger partial charge in [-0.1, -0.05) is 30.3 Å². The van der Waals surface area contributed by atoms with Crippen molar-refractivity contribution < 1.29 is 13.6 Å². The van der Waals surface area contributed by atoms with E-state index < -0.39 is 11.6 Å². The van der Waals surface area contributed by atoms with Crippen LogP contribution in [0.4, 0.5) is 8.78 Å². The van der Waals surface area contributed by atoms with E-state index in [1.807, 2.05) is 30.3 Å². The monoisotopic (exact) mass is 273 g/mol. The highest BCUT2D eigenvalue weighted by atomic mass is 19.1. The van der Waals surface area contributed by atoms with Crippen LogP contribution in [0.3, 0.4) is 0 Å². The molecule has 20 heavy (non-hydrogen) atoms. The molecule has 0 bridgehead atoms. The maximum atomic E-state index is 13.9. The van der Waals surface area contributed by atoms with Crippen molar-refractivity contribution in [3.63, 3.8) is 0 Å². The lowest BCUT2D eigenvalue weighted by Gasteiger charge is -2.20. The molecule has 3 rings (SSSR count). The molecule has 1 aliphatic rings. The van der Waals surface area contributed by atoms with Crippen LogP contribution < -0.4 is 5.32 Å². The van der Waals surface area contributed by atoms with E-state index in [2.05, 4.69) is 5.32 Å². The molecule has 1 fully saturated rings. The summed E-state index contributed by atoms with van der Waals surface area (Å²) in [6.07, 6.45) is 0.167. The maximum absolute atomic E-state index is 13.9. The molecule has 1 N–H and O–H groups in total. The first kappa shape index (κ1) is 12.8. The summed E-state index contributed by atoms with van der Waals surface area (Å²) in [6.45, 7) is 0. The molecule has 0 radical (unpaired) electrons. The third-order valence-corrected chi connectivity index (χ3v) is 3.64. The van der Waals surface area contributed by atoms with Crippen LogP contribution in [0.15, 0.2) is 48.5 Å². The number of carbonyl (C=O) groups excluding carboxylic acids is 1. The number of rotatable bonds is 2. The Hall–Kier alpha value is -2.23. The third-order valence-electron chi connectivity index (χ3n) is 3.64. The second-order valence-corrected chi connectivity index (χ2v) is 4.93. The minimum absolute atomic E-state index is 0.146. The molecule has 0 aromatic heterocycles. The standard InChI is InChI=1S/C16H13F2NO/c17-11-6-7-14(18)12(8-11)13-9-15(20)19-16(13)10-4-2-1-3-5-10/h1-8,13,16H,9H2,(H,19,20). The van der Waals surface area contributed by atoms with E-state index in [0.717, 1.165) is 17.7 Å². The average Bonchev–Trinajstić information content (AvgIpc) is 2.84. The second-order valence-electron chi connectivity index (χ2n) is 4.93. The Kier molecular flexibility index (Phi) is 3.22. The summed E-state index contributed by atoms with van der Waals surface area (Å²) in [5.41, 5.74) is 1.14. The lowest BCUT2D eigenvalue weighted by atomic mass is 9.87. The molecule has 2 aromatic carbocycles. The normalized spacial score (nSPS) is 21.8. The third kappa shape index (κ3) is 2.29. The highest BCUT2D eigenvalue weighted by Gasteiger charge is 2.36. The van der Waals surface area contributed by atoms with Gasteiger partial charge in [0.2, 0.25) is 5.91 Å². The molecule has 0 saturated carbocycles. The molecule has 1 heterocycles. The topological polar surface area (TPSA) is 29.1 Å². The molecule has 2 unspecified atom stereocenters. The number of halogens is 2. The fraction of sp³-hybridized carbons (Fsp3) is 0.188. The SMILES string of the molecule is O=C1CC(c2cc(F)ccc2F)C(c2ccccc2)N1. The van der Waals surface area contributed by atoms with E-state index in [0.29, 0.717) is 0 Å². The molecule has 0 aliphatic carbocycles. The molecule has 2 atom stereocenters. The van der Waals surface area contributed by atoms with Crippen LogP contribution in [0.2, 0.25) is 0 Å². The van der Waals surface area contributed by atoms with Crippen molar-refractivity contribution in [1.29, 1.82) is 0 Å². The number of hydrogen-bond donors (Lipinski definition) is 1. The zero-order valence-corrected chi connectivity index (χ0v) is 10.6. The zero-order chi connectivity index (χ0) is 14.1. The van der Waals surface area contributed by atoms with Gasteiger partial charge in [-0.05, 0) is 29.3 Å². The van der Waals surface area contributed by atoms with Gasteiger partial charge in [0.25, 0.3) is 0 Å². The minimum Gasteiger partial charge on any atom is -0.349 e. The van der Waals surface area contributed by atoms with E-state index in [1.165, 1.54) is 6.07 Å². The minimum atomic E-state index is -0.493. The van der Waals surface area contributed by atoms with Crippen molar-refractivity contribution in [3.8, 4) is 0 Å². The second kappa shape index (κ2) is 5.04. The summed E-state index contributed by atoms with van der Waals surface area (Å²) in [7, 11) is 0. The highest BCUT2D eigenvalue weighted by Crippen LogP contribution is 2.39. The Labute approximate surface area is 115 Å². The number of carbonyl (C=O) groups is 1. The Morgan fingerprint density at radius 2 is 1.80 bits per heavy atom. The molecule has 1 amide bonds. The molecular formula is C16H13F2NO. The fourth-order valence-electron chi connectivity index (χ4n) is 2.71. The largest absolute Gasteiger partial charge is 0.349 e. The predicted octanol–water partition coefficient (Wildman–Crippen LogP) is 3.31. The average molecular weight is 273 g/mol. The van der Waals surface area contributed by atoms with Crippen molar-refractivity contribution in [2.75, 3.05) is 0 Å². The Bertz CT molecular complexity index is 642. The van der Waals surface area contributed by atoms with Crippen LogP contribution in [0.5, 0.6) is 0 Å². The molecule has 1 saturated heterocycles. The van der Waals surface area contributed by atoms with Gasteiger partial charge < -0.3 is 5.32 Å². The molecule has 2 aromatic rings. The molecular weight excluding hydrogens is 260 g/mol. The first-order valence-electron chi connectivity index (χ1n) is 6.44. The van der Waals surface area contributed by atoms with Gasteiger partial charge in [0.05, 0.1) is 6.04 Å². The quantitative estimate of drug-likeness (QED) is 0.893. The van der Waals surface area contributed by atoms with Crippen molar-refractivity contribution >= 4 is 5.91 Å². The zero-order valence-electron chi connectivity index (χ0n) is 10.6. The number of benzene rings is 2. The molecule has 2 nitrogen and oxygen atoms in total. The van der Waals surface area contributed by atoms with Crippen LogP contribution in [-0.4, -0.2) is 5.91 Å². The lowest BCUT2D eigenvalue weighted by molar-refractivity contribution is -0.119.